The van der Waals surface area contributed by atoms with Crippen molar-refractivity contribution in [2.24, 2.45) is 11.8 Å². The Morgan fingerprint density at radius 1 is 0.794 bits per heavy atom. The molecule has 7 N–H and O–H groups in total. The number of hydrogen-bond acceptors (Lipinski definition) is 11. The number of hydrogen-bond donors (Lipinski definition) is 7. The summed E-state index contributed by atoms with van der Waals surface area (Å²) in [6, 6.07) is 12.7. The molecule has 18 heteroatoms. The van der Waals surface area contributed by atoms with Crippen molar-refractivity contribution in [3.05, 3.63) is 96.1 Å². The van der Waals surface area contributed by atoms with Gasteiger partial charge in [-0.1, -0.05) is 93.3 Å². The van der Waals surface area contributed by atoms with Crippen LogP contribution in [0.4, 0.5) is 0 Å². The van der Waals surface area contributed by atoms with Gasteiger partial charge in [-0.25, -0.2) is 4.98 Å². The average Bonchev–Trinajstić information content (AvgIpc) is 3.77. The van der Waals surface area contributed by atoms with Gasteiger partial charge >= 0.3 is 0 Å². The van der Waals surface area contributed by atoms with Gasteiger partial charge in [-0.05, 0) is 36.3 Å². The summed E-state index contributed by atoms with van der Waals surface area (Å²) in [6.07, 6.45) is 9.04. The predicted molar refractivity (Wildman–Crippen MR) is 231 cm³/mol. The molecular weight excluding hydrogens is 809 g/mol. The second kappa shape index (κ2) is 23.6. The smallest absolute Gasteiger partial charge is 0.290 e. The zero-order valence-corrected chi connectivity index (χ0v) is 35.9. The van der Waals surface area contributed by atoms with Crippen LogP contribution in [0.1, 0.15) is 79.5 Å². The minimum atomic E-state index is -1.23. The molecule has 0 radical (unpaired) electrons. The molecule has 1 aliphatic carbocycles. The van der Waals surface area contributed by atoms with Crippen molar-refractivity contribution in [3.63, 3.8) is 0 Å². The molecule has 1 saturated heterocycles. The highest BCUT2D eigenvalue weighted by Gasteiger charge is 2.39. The number of rotatable bonds is 20. The zero-order chi connectivity index (χ0) is 45.3. The molecule has 1 unspecified atom stereocenters. The van der Waals surface area contributed by atoms with Crippen molar-refractivity contribution in [1.29, 1.82) is 0 Å². The molecule has 336 valence electrons. The van der Waals surface area contributed by atoms with Crippen LogP contribution in [0.2, 0.25) is 0 Å². The van der Waals surface area contributed by atoms with E-state index in [0.717, 1.165) is 24.8 Å². The number of Topliss-reactive ketones (excluding diaryl/α,β-unsaturated/α-hetero) is 1. The molecule has 7 amide bonds. The first-order valence-corrected chi connectivity index (χ1v) is 21.5. The van der Waals surface area contributed by atoms with Gasteiger partial charge in [0.25, 0.3) is 11.8 Å². The second-order valence-corrected chi connectivity index (χ2v) is 16.1. The normalized spacial score (nSPS) is 18.0. The van der Waals surface area contributed by atoms with Crippen LogP contribution >= 0.6 is 0 Å². The standard InChI is InChI=1S/C45H58N10O8/c1-4-14-32(39(57)44(62)49-27-36(56)53-38(45(63)55(2)3)30-19-12-7-13-20-30)50-40(58)31-24-47-25-34(31)52-41(59)33(23-28-15-8-5-9-16-28)51-43(61)37(29-17-10-6-11-18-29)54-42(60)35-26-46-21-22-48-35/h5,7-9,12-13,15-16,19-22,26,29,31-34,37-38,47H,4,6,10-11,14,17-18,23-25,27H2,1-3H3,(H,49,62)(H,50,58)(H,51,61)(H,52,59)(H,53,56)(H,54,60)/t31-,32+,33?,34+,37+,38+/m1/s1. The molecule has 1 aliphatic heterocycles. The summed E-state index contributed by atoms with van der Waals surface area (Å²) >= 11 is 0. The SMILES string of the molecule is CCC[C@H](NC(=O)[C@@H]1CNC[C@@H]1NC(=O)C(Cc1ccccc1)NC(=O)[C@@H](NC(=O)c1cnccn1)C1CCCCC1)C(=O)C(=O)NCC(=O)N[C@H](C(=O)N(C)C)c1ccccc1. The first kappa shape index (κ1) is 47.5. The van der Waals surface area contributed by atoms with Gasteiger partial charge in [-0.15, -0.1) is 0 Å². The maximum atomic E-state index is 14.2. The monoisotopic (exact) mass is 866 g/mol. The summed E-state index contributed by atoms with van der Waals surface area (Å²) in [4.78, 5) is 117. The molecular formula is C45H58N10O8. The molecule has 2 aliphatic rings. The third-order valence-electron chi connectivity index (χ3n) is 11.2. The van der Waals surface area contributed by atoms with Crippen molar-refractivity contribution in [3.8, 4) is 0 Å². The Labute approximate surface area is 366 Å². The van der Waals surface area contributed by atoms with Crippen molar-refractivity contribution >= 4 is 47.1 Å². The van der Waals surface area contributed by atoms with Gasteiger partial charge in [0.2, 0.25) is 35.3 Å². The van der Waals surface area contributed by atoms with E-state index >= 15 is 0 Å². The number of ketones is 1. The Hall–Kier alpha value is -6.56. The van der Waals surface area contributed by atoms with Crippen LogP contribution in [0, 0.1) is 11.8 Å². The molecule has 6 atom stereocenters. The van der Waals surface area contributed by atoms with Gasteiger partial charge < -0.3 is 42.1 Å². The molecule has 18 nitrogen and oxygen atoms in total. The lowest BCUT2D eigenvalue weighted by atomic mass is 9.83. The number of amides is 7. The van der Waals surface area contributed by atoms with E-state index in [-0.39, 0.29) is 43.5 Å². The Kier molecular flexibility index (Phi) is 17.8. The fourth-order valence-electron chi connectivity index (χ4n) is 7.85. The minimum absolute atomic E-state index is 0.0563. The largest absolute Gasteiger partial charge is 0.349 e. The lowest BCUT2D eigenvalue weighted by Crippen LogP contribution is -2.59. The lowest BCUT2D eigenvalue weighted by molar-refractivity contribution is -0.141. The number of nitrogens with one attached hydrogen (secondary N) is 7. The highest BCUT2D eigenvalue weighted by Crippen LogP contribution is 2.27. The molecule has 5 rings (SSSR count). The molecule has 2 heterocycles. The Bertz CT molecular complexity index is 2050. The molecule has 2 aromatic carbocycles. The van der Waals surface area contributed by atoms with Gasteiger partial charge in [-0.3, -0.25) is 43.3 Å². The van der Waals surface area contributed by atoms with Crippen LogP contribution in [0.5, 0.6) is 0 Å². The summed E-state index contributed by atoms with van der Waals surface area (Å²) in [5, 5.41) is 19.4. The summed E-state index contributed by atoms with van der Waals surface area (Å²) in [5.74, 6) is -6.38. The van der Waals surface area contributed by atoms with E-state index < -0.39 is 83.9 Å². The number of aromatic nitrogens is 2. The van der Waals surface area contributed by atoms with E-state index in [1.165, 1.54) is 23.5 Å². The topological polar surface area (TPSA) is 250 Å². The Morgan fingerprint density at radius 2 is 1.49 bits per heavy atom. The minimum Gasteiger partial charge on any atom is -0.349 e. The van der Waals surface area contributed by atoms with Crippen LogP contribution in [0.3, 0.4) is 0 Å². The quantitative estimate of drug-likeness (QED) is 0.0771. The van der Waals surface area contributed by atoms with E-state index in [9.17, 15) is 38.4 Å². The molecule has 0 spiro atoms. The van der Waals surface area contributed by atoms with Crippen molar-refractivity contribution in [2.45, 2.75) is 88.5 Å². The molecule has 3 aromatic rings. The number of carbonyl (C=O) groups is 8. The van der Waals surface area contributed by atoms with Crippen LogP contribution in [0.15, 0.2) is 79.3 Å². The summed E-state index contributed by atoms with van der Waals surface area (Å²) in [6.45, 7) is 1.54. The van der Waals surface area contributed by atoms with Crippen LogP contribution in [-0.2, 0) is 40.0 Å². The van der Waals surface area contributed by atoms with Gasteiger partial charge in [-0.2, -0.15) is 0 Å². The maximum absolute atomic E-state index is 14.2. The lowest BCUT2D eigenvalue weighted by Gasteiger charge is -2.31. The van der Waals surface area contributed by atoms with Gasteiger partial charge in [0.1, 0.15) is 23.8 Å². The van der Waals surface area contributed by atoms with Crippen molar-refractivity contribution < 1.29 is 38.4 Å². The first-order chi connectivity index (χ1) is 30.4. The predicted octanol–water partition coefficient (Wildman–Crippen LogP) is 0.503. The number of likely N-dealkylation sites (N-methyl/N-ethyl adjacent to an activating group) is 1. The first-order valence-electron chi connectivity index (χ1n) is 21.5. The van der Waals surface area contributed by atoms with Crippen molar-refractivity contribution in [2.75, 3.05) is 33.7 Å². The number of carbonyl (C=O) groups excluding carboxylic acids is 8. The third kappa shape index (κ3) is 13.7. The van der Waals surface area contributed by atoms with Gasteiger partial charge in [0.15, 0.2) is 0 Å². The van der Waals surface area contributed by atoms with E-state index in [2.05, 4.69) is 47.2 Å². The molecule has 1 aromatic heterocycles. The summed E-state index contributed by atoms with van der Waals surface area (Å²) < 4.78 is 0. The van der Waals surface area contributed by atoms with E-state index in [1.807, 2.05) is 30.3 Å². The van der Waals surface area contributed by atoms with E-state index in [1.54, 1.807) is 51.4 Å². The average molecular weight is 867 g/mol. The van der Waals surface area contributed by atoms with Crippen LogP contribution in [-0.4, -0.2) is 120 Å². The highest BCUT2D eigenvalue weighted by atomic mass is 16.2. The number of benzene rings is 2. The Morgan fingerprint density at radius 3 is 2.14 bits per heavy atom. The second-order valence-electron chi connectivity index (χ2n) is 16.1. The zero-order valence-electron chi connectivity index (χ0n) is 35.9. The van der Waals surface area contributed by atoms with Crippen LogP contribution < -0.4 is 37.2 Å². The fraction of sp³-hybridized carbons (Fsp3) is 0.467. The molecule has 1 saturated carbocycles. The third-order valence-corrected chi connectivity index (χ3v) is 11.2. The van der Waals surface area contributed by atoms with Crippen LogP contribution in [0.25, 0.3) is 0 Å². The van der Waals surface area contributed by atoms with E-state index in [0.29, 0.717) is 24.8 Å². The van der Waals surface area contributed by atoms with Gasteiger partial charge in [0, 0.05) is 46.0 Å². The summed E-state index contributed by atoms with van der Waals surface area (Å²) in [7, 11) is 3.10. The Balaban J connectivity index is 1.23. The molecule has 0 bridgehead atoms. The number of nitrogens with zero attached hydrogens (tertiary/aromatic N) is 3. The summed E-state index contributed by atoms with van der Waals surface area (Å²) in [5.41, 5.74) is 1.36. The van der Waals surface area contributed by atoms with E-state index in [4.69, 9.17) is 0 Å². The van der Waals surface area contributed by atoms with Gasteiger partial charge in [0.05, 0.1) is 30.7 Å². The fourth-order valence-corrected chi connectivity index (χ4v) is 7.85. The van der Waals surface area contributed by atoms with Crippen molar-refractivity contribution in [1.82, 2.24) is 52.1 Å². The molecule has 63 heavy (non-hydrogen) atoms. The molecule has 2 fully saturated rings. The maximum Gasteiger partial charge on any atom is 0.290 e. The highest BCUT2D eigenvalue weighted by molar-refractivity contribution is 6.38.